The molecule has 2 aromatic rings. The van der Waals surface area contributed by atoms with Crippen LogP contribution in [-0.2, 0) is 18.0 Å². The van der Waals surface area contributed by atoms with Crippen LogP contribution in [0, 0.1) is 0 Å². The van der Waals surface area contributed by atoms with Crippen molar-refractivity contribution in [1.29, 1.82) is 0 Å². The second-order valence-electron chi connectivity index (χ2n) is 5.18. The van der Waals surface area contributed by atoms with Crippen LogP contribution in [0.15, 0.2) is 23.4 Å². The van der Waals surface area contributed by atoms with Crippen LogP contribution in [0.2, 0.25) is 0 Å². The summed E-state index contributed by atoms with van der Waals surface area (Å²) in [5.74, 6) is -0.577. The smallest absolute Gasteiger partial charge is 0.451 e. The number of amides is 1. The molecule has 0 aliphatic carbocycles. The SMILES string of the molecule is COc1ccc(NC(=O)[C@@H](C)Sc2nnc(C(F)(F)F)n2C)cc1OC. The minimum atomic E-state index is -4.61. The molecule has 26 heavy (non-hydrogen) atoms. The van der Waals surface area contributed by atoms with Gasteiger partial charge in [0, 0.05) is 18.8 Å². The highest BCUT2D eigenvalue weighted by atomic mass is 32.2. The zero-order chi connectivity index (χ0) is 19.5. The molecule has 1 aromatic carbocycles. The van der Waals surface area contributed by atoms with Gasteiger partial charge in [0.15, 0.2) is 16.7 Å². The first-order chi connectivity index (χ1) is 12.2. The normalized spacial score (nSPS) is 12.6. The number of thioether (sulfide) groups is 1. The number of aromatic nitrogens is 3. The Kier molecular flexibility index (Phi) is 6.01. The van der Waals surface area contributed by atoms with E-state index < -0.39 is 23.2 Å². The van der Waals surface area contributed by atoms with E-state index in [0.29, 0.717) is 17.2 Å². The maximum absolute atomic E-state index is 12.7. The Labute approximate surface area is 151 Å². The van der Waals surface area contributed by atoms with E-state index in [1.807, 2.05) is 0 Å². The fourth-order valence-corrected chi connectivity index (χ4v) is 2.85. The zero-order valence-corrected chi connectivity index (χ0v) is 15.2. The average molecular weight is 390 g/mol. The van der Waals surface area contributed by atoms with Gasteiger partial charge in [0.1, 0.15) is 0 Å². The van der Waals surface area contributed by atoms with Gasteiger partial charge in [-0.1, -0.05) is 11.8 Å². The molecule has 0 saturated carbocycles. The number of carbonyl (C=O) groups excluding carboxylic acids is 1. The van der Waals surface area contributed by atoms with Crippen LogP contribution >= 0.6 is 11.8 Å². The van der Waals surface area contributed by atoms with E-state index in [2.05, 4.69) is 15.5 Å². The number of rotatable bonds is 6. The highest BCUT2D eigenvalue weighted by Crippen LogP contribution is 2.32. The topological polar surface area (TPSA) is 78.3 Å². The van der Waals surface area contributed by atoms with Crippen molar-refractivity contribution in [2.75, 3.05) is 19.5 Å². The molecule has 0 spiro atoms. The first-order valence-electron chi connectivity index (χ1n) is 7.33. The summed E-state index contributed by atoms with van der Waals surface area (Å²) in [7, 11) is 4.16. The third-order valence-electron chi connectivity index (χ3n) is 3.39. The van der Waals surface area contributed by atoms with E-state index in [9.17, 15) is 18.0 Å². The van der Waals surface area contributed by atoms with Gasteiger partial charge in [-0.25, -0.2) is 0 Å². The highest BCUT2D eigenvalue weighted by molar-refractivity contribution is 8.00. The zero-order valence-electron chi connectivity index (χ0n) is 14.4. The van der Waals surface area contributed by atoms with Gasteiger partial charge in [0.05, 0.1) is 19.5 Å². The maximum Gasteiger partial charge on any atom is 0.451 e. The van der Waals surface area contributed by atoms with Crippen LogP contribution in [0.25, 0.3) is 0 Å². The summed E-state index contributed by atoms with van der Waals surface area (Å²) in [6.45, 7) is 1.56. The average Bonchev–Trinajstić information content (AvgIpc) is 2.95. The summed E-state index contributed by atoms with van der Waals surface area (Å²) in [5, 5.41) is 8.59. The molecule has 0 saturated heterocycles. The number of hydrogen-bond acceptors (Lipinski definition) is 6. The lowest BCUT2D eigenvalue weighted by Gasteiger charge is -2.14. The lowest BCUT2D eigenvalue weighted by atomic mass is 10.2. The van der Waals surface area contributed by atoms with Crippen molar-refractivity contribution in [3.8, 4) is 11.5 Å². The van der Waals surface area contributed by atoms with Crippen molar-refractivity contribution in [3.63, 3.8) is 0 Å². The monoisotopic (exact) mass is 390 g/mol. The molecule has 0 radical (unpaired) electrons. The number of halogens is 3. The van der Waals surface area contributed by atoms with Crippen molar-refractivity contribution < 1.29 is 27.4 Å². The Bertz CT molecular complexity index is 795. The molecule has 1 N–H and O–H groups in total. The summed E-state index contributed by atoms with van der Waals surface area (Å²) in [4.78, 5) is 12.3. The van der Waals surface area contributed by atoms with Crippen molar-refractivity contribution in [2.45, 2.75) is 23.5 Å². The van der Waals surface area contributed by atoms with E-state index in [0.717, 1.165) is 16.3 Å². The number of ether oxygens (including phenoxy) is 2. The molecule has 142 valence electrons. The van der Waals surface area contributed by atoms with Gasteiger partial charge >= 0.3 is 6.18 Å². The molecular weight excluding hydrogens is 373 g/mol. The van der Waals surface area contributed by atoms with Gasteiger partial charge in [-0.05, 0) is 19.1 Å². The first-order valence-corrected chi connectivity index (χ1v) is 8.21. The Balaban J connectivity index is 2.08. The molecule has 0 aliphatic heterocycles. The van der Waals surface area contributed by atoms with Crippen LogP contribution in [0.4, 0.5) is 18.9 Å². The van der Waals surface area contributed by atoms with Crippen molar-refractivity contribution in [2.24, 2.45) is 7.05 Å². The molecule has 7 nitrogen and oxygen atoms in total. The van der Waals surface area contributed by atoms with Crippen LogP contribution < -0.4 is 14.8 Å². The van der Waals surface area contributed by atoms with Gasteiger partial charge in [-0.3, -0.25) is 4.79 Å². The largest absolute Gasteiger partial charge is 0.493 e. The molecule has 0 bridgehead atoms. The van der Waals surface area contributed by atoms with Crippen LogP contribution in [0.3, 0.4) is 0 Å². The second kappa shape index (κ2) is 7.85. The van der Waals surface area contributed by atoms with Crippen molar-refractivity contribution >= 4 is 23.4 Å². The molecule has 1 amide bonds. The third kappa shape index (κ3) is 4.40. The van der Waals surface area contributed by atoms with Crippen LogP contribution in [-0.4, -0.2) is 40.1 Å². The van der Waals surface area contributed by atoms with Crippen LogP contribution in [0.1, 0.15) is 12.7 Å². The molecule has 11 heteroatoms. The molecular formula is C15H17F3N4O3S. The number of benzene rings is 1. The standard InChI is InChI=1S/C15H17F3N4O3S/c1-8(26-14-21-20-13(22(14)2)15(16,17)18)12(23)19-9-5-6-10(24-3)11(7-9)25-4/h5-8H,1-4H3,(H,19,23)/t8-/m1/s1. The van der Waals surface area contributed by atoms with Gasteiger partial charge in [0.25, 0.3) is 0 Å². The minimum Gasteiger partial charge on any atom is -0.493 e. The Morgan fingerprint density at radius 2 is 1.88 bits per heavy atom. The number of carbonyl (C=O) groups is 1. The molecule has 0 unspecified atom stereocenters. The predicted molar refractivity (Wildman–Crippen MR) is 89.5 cm³/mol. The van der Waals surface area contributed by atoms with Gasteiger partial charge < -0.3 is 19.4 Å². The molecule has 0 fully saturated rings. The van der Waals surface area contributed by atoms with Gasteiger partial charge in [0.2, 0.25) is 11.7 Å². The predicted octanol–water partition coefficient (Wildman–Crippen LogP) is 2.97. The summed E-state index contributed by atoms with van der Waals surface area (Å²) in [5.41, 5.74) is 0.467. The summed E-state index contributed by atoms with van der Waals surface area (Å²) < 4.78 is 49.3. The third-order valence-corrected chi connectivity index (χ3v) is 4.52. The number of nitrogens with one attached hydrogen (secondary N) is 1. The lowest BCUT2D eigenvalue weighted by molar-refractivity contribution is -0.147. The number of alkyl halides is 3. The van der Waals surface area contributed by atoms with Crippen molar-refractivity contribution in [1.82, 2.24) is 14.8 Å². The highest BCUT2D eigenvalue weighted by Gasteiger charge is 2.37. The van der Waals surface area contributed by atoms with Gasteiger partial charge in [-0.15, -0.1) is 10.2 Å². The van der Waals surface area contributed by atoms with E-state index in [1.54, 1.807) is 25.1 Å². The van der Waals surface area contributed by atoms with E-state index in [4.69, 9.17) is 9.47 Å². The Morgan fingerprint density at radius 1 is 1.23 bits per heavy atom. The Hall–Kier alpha value is -2.43. The van der Waals surface area contributed by atoms with E-state index in [1.165, 1.54) is 21.3 Å². The Morgan fingerprint density at radius 3 is 2.42 bits per heavy atom. The number of nitrogens with zero attached hydrogens (tertiary/aromatic N) is 3. The van der Waals surface area contributed by atoms with Crippen LogP contribution in [0.5, 0.6) is 11.5 Å². The quantitative estimate of drug-likeness (QED) is 0.764. The molecule has 1 atom stereocenters. The molecule has 0 aliphatic rings. The fraction of sp³-hybridized carbons (Fsp3) is 0.400. The summed E-state index contributed by atoms with van der Waals surface area (Å²) in [6, 6.07) is 4.84. The number of methoxy groups -OCH3 is 2. The number of anilines is 1. The fourth-order valence-electron chi connectivity index (χ4n) is 2.03. The van der Waals surface area contributed by atoms with Gasteiger partial charge in [-0.2, -0.15) is 13.2 Å². The summed E-state index contributed by atoms with van der Waals surface area (Å²) in [6.07, 6.45) is -4.61. The second-order valence-corrected chi connectivity index (χ2v) is 6.49. The minimum absolute atomic E-state index is 0.00714. The lowest BCUT2D eigenvalue weighted by Crippen LogP contribution is -2.23. The molecule has 1 aromatic heterocycles. The first kappa shape index (κ1) is 19.9. The number of hydrogen-bond donors (Lipinski definition) is 1. The van der Waals surface area contributed by atoms with Crippen molar-refractivity contribution in [3.05, 3.63) is 24.0 Å². The molecule has 2 rings (SSSR count). The molecule has 1 heterocycles. The van der Waals surface area contributed by atoms with E-state index >= 15 is 0 Å². The summed E-state index contributed by atoms with van der Waals surface area (Å²) >= 11 is 0.873. The maximum atomic E-state index is 12.7. The van der Waals surface area contributed by atoms with E-state index in [-0.39, 0.29) is 5.16 Å².